The molecule has 0 bridgehead atoms. The van der Waals surface area contributed by atoms with Crippen LogP contribution in [-0.2, 0) is 6.54 Å². The SMILES string of the molecule is CC(C)CCn1ccc(Nc2nc(C(F)F)nc3ccccc23)n1. The molecule has 126 valence electrons. The van der Waals surface area contributed by atoms with E-state index in [4.69, 9.17) is 0 Å². The van der Waals surface area contributed by atoms with E-state index in [1.807, 2.05) is 16.9 Å². The number of nitrogens with zero attached hydrogens (tertiary/aromatic N) is 4. The third kappa shape index (κ3) is 3.67. The van der Waals surface area contributed by atoms with Gasteiger partial charge < -0.3 is 5.32 Å². The highest BCUT2D eigenvalue weighted by atomic mass is 19.3. The van der Waals surface area contributed by atoms with Crippen LogP contribution in [0.4, 0.5) is 20.4 Å². The van der Waals surface area contributed by atoms with Crippen LogP contribution in [0.3, 0.4) is 0 Å². The summed E-state index contributed by atoms with van der Waals surface area (Å²) >= 11 is 0. The number of halogens is 2. The summed E-state index contributed by atoms with van der Waals surface area (Å²) in [5.74, 6) is 1.01. The van der Waals surface area contributed by atoms with E-state index < -0.39 is 12.2 Å². The lowest BCUT2D eigenvalue weighted by molar-refractivity contribution is 0.141. The number of hydrogen-bond acceptors (Lipinski definition) is 4. The van der Waals surface area contributed by atoms with E-state index in [1.54, 1.807) is 24.3 Å². The number of alkyl halides is 2. The first-order valence-corrected chi connectivity index (χ1v) is 7.88. The normalized spacial score (nSPS) is 11.6. The van der Waals surface area contributed by atoms with Crippen LogP contribution in [0, 0.1) is 5.92 Å². The second-order valence-electron chi connectivity index (χ2n) is 6.02. The number of hydrogen-bond donors (Lipinski definition) is 1. The molecule has 0 saturated heterocycles. The van der Waals surface area contributed by atoms with Crippen LogP contribution in [0.5, 0.6) is 0 Å². The van der Waals surface area contributed by atoms with Gasteiger partial charge in [-0.05, 0) is 24.5 Å². The minimum absolute atomic E-state index is 0.338. The fraction of sp³-hybridized carbons (Fsp3) is 0.353. The predicted molar refractivity (Wildman–Crippen MR) is 89.5 cm³/mol. The van der Waals surface area contributed by atoms with Crippen molar-refractivity contribution in [2.24, 2.45) is 5.92 Å². The Morgan fingerprint density at radius 1 is 1.12 bits per heavy atom. The summed E-state index contributed by atoms with van der Waals surface area (Å²) in [6.45, 7) is 5.12. The number of anilines is 2. The molecular weight excluding hydrogens is 312 g/mol. The van der Waals surface area contributed by atoms with Gasteiger partial charge in [-0.1, -0.05) is 26.0 Å². The van der Waals surface area contributed by atoms with Crippen LogP contribution >= 0.6 is 0 Å². The minimum Gasteiger partial charge on any atom is -0.323 e. The standard InChI is InChI=1S/C17H19F2N5/c1-11(2)7-9-24-10-8-14(23-24)21-16-12-5-3-4-6-13(12)20-17(22-16)15(18)19/h3-6,8,10-11,15H,7,9H2,1-2H3,(H,20,21,22,23). The highest BCUT2D eigenvalue weighted by Crippen LogP contribution is 2.26. The number of para-hydroxylation sites is 1. The Morgan fingerprint density at radius 2 is 1.92 bits per heavy atom. The molecule has 1 N–H and O–H groups in total. The summed E-state index contributed by atoms with van der Waals surface area (Å²) in [6.07, 6.45) is 0.161. The Morgan fingerprint density at radius 3 is 2.67 bits per heavy atom. The van der Waals surface area contributed by atoms with E-state index in [2.05, 4.69) is 34.2 Å². The van der Waals surface area contributed by atoms with E-state index in [0.717, 1.165) is 13.0 Å². The molecule has 5 nitrogen and oxygen atoms in total. The summed E-state index contributed by atoms with van der Waals surface area (Å²) in [5.41, 5.74) is 0.476. The van der Waals surface area contributed by atoms with Crippen molar-refractivity contribution in [3.05, 3.63) is 42.4 Å². The van der Waals surface area contributed by atoms with Crippen LogP contribution in [0.1, 0.15) is 32.5 Å². The Bertz CT molecular complexity index is 829. The Hall–Kier alpha value is -2.57. The number of aryl methyl sites for hydroxylation is 1. The van der Waals surface area contributed by atoms with Gasteiger partial charge in [0, 0.05) is 24.2 Å². The van der Waals surface area contributed by atoms with E-state index in [-0.39, 0.29) is 0 Å². The number of nitrogens with one attached hydrogen (secondary N) is 1. The van der Waals surface area contributed by atoms with Gasteiger partial charge in [-0.3, -0.25) is 4.68 Å². The highest BCUT2D eigenvalue weighted by Gasteiger charge is 2.15. The van der Waals surface area contributed by atoms with Crippen molar-refractivity contribution < 1.29 is 8.78 Å². The van der Waals surface area contributed by atoms with E-state index in [0.29, 0.717) is 28.5 Å². The van der Waals surface area contributed by atoms with Crippen LogP contribution in [-0.4, -0.2) is 19.7 Å². The fourth-order valence-electron chi connectivity index (χ4n) is 2.35. The topological polar surface area (TPSA) is 55.6 Å². The van der Waals surface area contributed by atoms with Crippen molar-refractivity contribution >= 4 is 22.5 Å². The van der Waals surface area contributed by atoms with E-state index >= 15 is 0 Å². The Labute approximate surface area is 138 Å². The minimum atomic E-state index is -2.72. The van der Waals surface area contributed by atoms with Crippen LogP contribution in [0.15, 0.2) is 36.5 Å². The van der Waals surface area contributed by atoms with Gasteiger partial charge in [-0.25, -0.2) is 18.7 Å². The van der Waals surface area contributed by atoms with Gasteiger partial charge in [0.15, 0.2) is 11.6 Å². The molecule has 24 heavy (non-hydrogen) atoms. The zero-order valence-electron chi connectivity index (χ0n) is 13.6. The number of benzene rings is 1. The third-order valence-electron chi connectivity index (χ3n) is 3.64. The summed E-state index contributed by atoms with van der Waals surface area (Å²) in [4.78, 5) is 7.86. The third-order valence-corrected chi connectivity index (χ3v) is 3.64. The van der Waals surface area contributed by atoms with Gasteiger partial charge in [0.2, 0.25) is 0 Å². The zero-order chi connectivity index (χ0) is 17.1. The molecule has 0 radical (unpaired) electrons. The molecule has 0 saturated carbocycles. The number of aromatic nitrogens is 4. The molecule has 3 aromatic rings. The molecule has 0 aliphatic heterocycles. The first-order chi connectivity index (χ1) is 11.5. The van der Waals surface area contributed by atoms with Gasteiger partial charge in [-0.15, -0.1) is 0 Å². The summed E-state index contributed by atoms with van der Waals surface area (Å²) < 4.78 is 27.9. The fourth-order valence-corrected chi connectivity index (χ4v) is 2.35. The molecule has 0 aliphatic rings. The molecule has 3 rings (SSSR count). The first-order valence-electron chi connectivity index (χ1n) is 7.88. The molecule has 2 heterocycles. The molecule has 0 aliphatic carbocycles. The van der Waals surface area contributed by atoms with Crippen molar-refractivity contribution in [2.75, 3.05) is 5.32 Å². The van der Waals surface area contributed by atoms with Gasteiger partial charge in [0.1, 0.15) is 5.82 Å². The average Bonchev–Trinajstić information content (AvgIpc) is 3.00. The van der Waals surface area contributed by atoms with Crippen LogP contribution in [0.2, 0.25) is 0 Å². The second kappa shape index (κ2) is 6.90. The summed E-state index contributed by atoms with van der Waals surface area (Å²) in [6, 6.07) is 8.87. The van der Waals surface area contributed by atoms with Crippen molar-refractivity contribution in [3.63, 3.8) is 0 Å². The number of fused-ring (bicyclic) bond motifs is 1. The van der Waals surface area contributed by atoms with E-state index in [1.165, 1.54) is 0 Å². The maximum absolute atomic E-state index is 13.0. The van der Waals surface area contributed by atoms with Crippen molar-refractivity contribution in [3.8, 4) is 0 Å². The maximum atomic E-state index is 13.0. The largest absolute Gasteiger partial charge is 0.323 e. The zero-order valence-corrected chi connectivity index (χ0v) is 13.6. The smallest absolute Gasteiger partial charge is 0.297 e. The van der Waals surface area contributed by atoms with Gasteiger partial charge >= 0.3 is 0 Å². The molecular formula is C17H19F2N5. The molecule has 2 aromatic heterocycles. The highest BCUT2D eigenvalue weighted by molar-refractivity contribution is 5.90. The lowest BCUT2D eigenvalue weighted by atomic mass is 10.1. The molecule has 0 amide bonds. The van der Waals surface area contributed by atoms with Crippen LogP contribution in [0.25, 0.3) is 10.9 Å². The lowest BCUT2D eigenvalue weighted by Gasteiger charge is -2.09. The first kappa shape index (κ1) is 16.3. The summed E-state index contributed by atoms with van der Waals surface area (Å²) in [5, 5.41) is 8.13. The van der Waals surface area contributed by atoms with Crippen molar-refractivity contribution in [2.45, 2.75) is 33.2 Å². The van der Waals surface area contributed by atoms with Gasteiger partial charge in [0.25, 0.3) is 6.43 Å². The van der Waals surface area contributed by atoms with Crippen LogP contribution < -0.4 is 5.32 Å². The van der Waals surface area contributed by atoms with Gasteiger partial charge in [0.05, 0.1) is 5.52 Å². The molecule has 0 unspecified atom stereocenters. The Kier molecular flexibility index (Phi) is 4.69. The Balaban J connectivity index is 1.89. The lowest BCUT2D eigenvalue weighted by Crippen LogP contribution is -2.05. The predicted octanol–water partition coefficient (Wildman–Crippen LogP) is 4.55. The monoisotopic (exact) mass is 331 g/mol. The second-order valence-corrected chi connectivity index (χ2v) is 6.02. The summed E-state index contributed by atoms with van der Waals surface area (Å²) in [7, 11) is 0. The molecule has 0 fully saturated rings. The molecule has 7 heteroatoms. The molecule has 0 spiro atoms. The number of rotatable bonds is 6. The quantitative estimate of drug-likeness (QED) is 0.720. The van der Waals surface area contributed by atoms with E-state index in [9.17, 15) is 8.78 Å². The molecule has 1 aromatic carbocycles. The van der Waals surface area contributed by atoms with Gasteiger partial charge in [-0.2, -0.15) is 5.10 Å². The molecule has 0 atom stereocenters. The van der Waals surface area contributed by atoms with Crippen molar-refractivity contribution in [1.82, 2.24) is 19.7 Å². The average molecular weight is 331 g/mol. The maximum Gasteiger partial charge on any atom is 0.297 e. The van der Waals surface area contributed by atoms with Crippen molar-refractivity contribution in [1.29, 1.82) is 0 Å².